The molecule has 150 valence electrons. The summed E-state index contributed by atoms with van der Waals surface area (Å²) >= 11 is 0. The van der Waals surface area contributed by atoms with Crippen LogP contribution in [0, 0.1) is 20.8 Å². The minimum absolute atomic E-state index is 0.214. The smallest absolute Gasteiger partial charge is 0.272 e. The van der Waals surface area contributed by atoms with Gasteiger partial charge in [0.2, 0.25) is 11.8 Å². The molecule has 3 N–H and O–H groups in total. The van der Waals surface area contributed by atoms with Crippen molar-refractivity contribution in [2.75, 3.05) is 5.32 Å². The fourth-order valence-electron chi connectivity index (χ4n) is 3.92. The van der Waals surface area contributed by atoms with E-state index < -0.39 is 11.9 Å². The second-order valence-corrected chi connectivity index (χ2v) is 7.60. The van der Waals surface area contributed by atoms with Gasteiger partial charge in [0, 0.05) is 29.9 Å². The van der Waals surface area contributed by atoms with Gasteiger partial charge in [0.05, 0.1) is 0 Å². The van der Waals surface area contributed by atoms with Crippen LogP contribution in [0.5, 0.6) is 0 Å². The van der Waals surface area contributed by atoms with Crippen molar-refractivity contribution < 1.29 is 19.2 Å². The number of benzene rings is 1. The molecule has 4 amide bonds. The van der Waals surface area contributed by atoms with Crippen LogP contribution in [0.1, 0.15) is 56.1 Å². The lowest BCUT2D eigenvalue weighted by Crippen LogP contribution is -2.52. The summed E-state index contributed by atoms with van der Waals surface area (Å²) in [4.78, 5) is 53.5. The lowest BCUT2D eigenvalue weighted by molar-refractivity contribution is -0.136. The number of nitrogens with zero attached hydrogens (tertiary/aromatic N) is 1. The molecule has 0 bridgehead atoms. The van der Waals surface area contributed by atoms with Crippen molar-refractivity contribution in [1.82, 2.24) is 15.2 Å². The second kappa shape index (κ2) is 6.88. The average molecular weight is 394 g/mol. The van der Waals surface area contributed by atoms with Gasteiger partial charge in [-0.2, -0.15) is 0 Å². The predicted octanol–water partition coefficient (Wildman–Crippen LogP) is 1.95. The van der Waals surface area contributed by atoms with Gasteiger partial charge in [-0.15, -0.1) is 0 Å². The van der Waals surface area contributed by atoms with Crippen molar-refractivity contribution in [2.24, 2.45) is 0 Å². The van der Waals surface area contributed by atoms with Crippen LogP contribution in [0.4, 0.5) is 5.69 Å². The SMILES string of the molecule is Cc1[nH]c(C(=O)Nc2ccc3c(c2)CN(C2CCC(=O)NC2=O)C3=O)c(C)c1C. The van der Waals surface area contributed by atoms with E-state index in [0.717, 1.165) is 22.4 Å². The Morgan fingerprint density at radius 2 is 1.90 bits per heavy atom. The summed E-state index contributed by atoms with van der Waals surface area (Å²) in [5.74, 6) is -1.24. The molecule has 29 heavy (non-hydrogen) atoms. The first kappa shape index (κ1) is 18.9. The highest BCUT2D eigenvalue weighted by atomic mass is 16.2. The van der Waals surface area contributed by atoms with E-state index in [1.165, 1.54) is 4.90 Å². The number of aromatic nitrogens is 1. The maximum absolute atomic E-state index is 12.7. The minimum Gasteiger partial charge on any atom is -0.354 e. The molecule has 1 aromatic heterocycles. The summed E-state index contributed by atoms with van der Waals surface area (Å²) < 4.78 is 0. The van der Waals surface area contributed by atoms with Crippen molar-refractivity contribution in [2.45, 2.75) is 46.2 Å². The number of H-pyrrole nitrogens is 1. The quantitative estimate of drug-likeness (QED) is 0.691. The van der Waals surface area contributed by atoms with Gasteiger partial charge in [-0.1, -0.05) is 0 Å². The molecule has 1 saturated heterocycles. The predicted molar refractivity (Wildman–Crippen MR) is 105 cm³/mol. The van der Waals surface area contributed by atoms with Gasteiger partial charge < -0.3 is 15.2 Å². The standard InChI is InChI=1S/C21H22N4O4/c1-10-11(2)18(22-12(10)3)20(28)23-14-4-5-15-13(8-14)9-25(21(15)29)16-6-7-17(26)24-19(16)27/h4-5,8,16,22H,6-7,9H2,1-3H3,(H,23,28)(H,24,26,27). The highest BCUT2D eigenvalue weighted by Gasteiger charge is 2.39. The van der Waals surface area contributed by atoms with E-state index in [1.54, 1.807) is 18.2 Å². The normalized spacial score (nSPS) is 18.7. The molecule has 1 aromatic carbocycles. The maximum atomic E-state index is 12.7. The number of rotatable bonds is 3. The Morgan fingerprint density at radius 1 is 1.14 bits per heavy atom. The molecule has 0 spiro atoms. The van der Waals surface area contributed by atoms with Crippen LogP contribution in [0.3, 0.4) is 0 Å². The zero-order valence-electron chi connectivity index (χ0n) is 16.5. The van der Waals surface area contributed by atoms with Crippen LogP contribution in [0.25, 0.3) is 0 Å². The Labute approximate surface area is 167 Å². The van der Waals surface area contributed by atoms with Crippen molar-refractivity contribution in [3.8, 4) is 0 Å². The molecule has 1 unspecified atom stereocenters. The van der Waals surface area contributed by atoms with Gasteiger partial charge in [0.15, 0.2) is 0 Å². The van der Waals surface area contributed by atoms with Crippen LogP contribution in [0.15, 0.2) is 18.2 Å². The summed E-state index contributed by atoms with van der Waals surface area (Å²) in [5.41, 5.74) is 5.25. The summed E-state index contributed by atoms with van der Waals surface area (Å²) in [6.45, 7) is 6.04. The number of aryl methyl sites for hydroxylation is 1. The summed E-state index contributed by atoms with van der Waals surface area (Å²) in [6.07, 6.45) is 0.533. The van der Waals surface area contributed by atoms with E-state index in [1.807, 2.05) is 20.8 Å². The number of nitrogens with one attached hydrogen (secondary N) is 3. The molecule has 0 saturated carbocycles. The number of carbonyl (C=O) groups excluding carboxylic acids is 4. The van der Waals surface area contributed by atoms with Gasteiger partial charge in [0.25, 0.3) is 11.8 Å². The molecule has 2 aromatic rings. The highest BCUT2D eigenvalue weighted by Crippen LogP contribution is 2.29. The van der Waals surface area contributed by atoms with Crippen LogP contribution in [-0.4, -0.2) is 39.6 Å². The van der Waals surface area contributed by atoms with Crippen LogP contribution >= 0.6 is 0 Å². The first-order chi connectivity index (χ1) is 13.8. The number of amides is 4. The first-order valence-corrected chi connectivity index (χ1v) is 9.51. The molecule has 0 aliphatic carbocycles. The molecule has 3 heterocycles. The molecule has 8 nitrogen and oxygen atoms in total. The number of fused-ring (bicyclic) bond motifs is 1. The minimum atomic E-state index is -0.654. The van der Waals surface area contributed by atoms with Gasteiger partial charge >= 0.3 is 0 Å². The van der Waals surface area contributed by atoms with Crippen molar-refractivity contribution in [1.29, 1.82) is 0 Å². The second-order valence-electron chi connectivity index (χ2n) is 7.60. The first-order valence-electron chi connectivity index (χ1n) is 9.51. The highest BCUT2D eigenvalue weighted by molar-refractivity contribution is 6.07. The third-order valence-electron chi connectivity index (χ3n) is 5.82. The summed E-state index contributed by atoms with van der Waals surface area (Å²) in [6, 6.07) is 4.45. The molecule has 2 aliphatic heterocycles. The molecular weight excluding hydrogens is 372 g/mol. The van der Waals surface area contributed by atoms with E-state index in [9.17, 15) is 19.2 Å². The fraction of sp³-hybridized carbons (Fsp3) is 0.333. The summed E-state index contributed by atoms with van der Waals surface area (Å²) in [7, 11) is 0. The van der Waals surface area contributed by atoms with Crippen molar-refractivity contribution in [3.63, 3.8) is 0 Å². The number of carbonyl (C=O) groups is 4. The molecule has 8 heteroatoms. The third kappa shape index (κ3) is 3.20. The molecule has 4 rings (SSSR count). The number of hydrogen-bond acceptors (Lipinski definition) is 4. The largest absolute Gasteiger partial charge is 0.354 e. The Balaban J connectivity index is 1.53. The van der Waals surface area contributed by atoms with Gasteiger partial charge in [-0.3, -0.25) is 24.5 Å². The van der Waals surface area contributed by atoms with Crippen molar-refractivity contribution >= 4 is 29.3 Å². The Kier molecular flexibility index (Phi) is 4.49. The topological polar surface area (TPSA) is 111 Å². The number of imide groups is 1. The van der Waals surface area contributed by atoms with Crippen molar-refractivity contribution in [3.05, 3.63) is 51.8 Å². The van der Waals surface area contributed by atoms with E-state index in [-0.39, 0.29) is 30.7 Å². The fourth-order valence-corrected chi connectivity index (χ4v) is 3.92. The maximum Gasteiger partial charge on any atom is 0.272 e. The molecule has 0 radical (unpaired) electrons. The monoisotopic (exact) mass is 394 g/mol. The van der Waals surface area contributed by atoms with E-state index >= 15 is 0 Å². The number of aromatic amines is 1. The number of piperidine rings is 1. The van der Waals surface area contributed by atoms with Crippen LogP contribution in [0.2, 0.25) is 0 Å². The van der Waals surface area contributed by atoms with E-state index in [2.05, 4.69) is 15.6 Å². The number of anilines is 1. The lowest BCUT2D eigenvalue weighted by atomic mass is 10.0. The third-order valence-corrected chi connectivity index (χ3v) is 5.82. The van der Waals surface area contributed by atoms with E-state index in [4.69, 9.17) is 0 Å². The molecule has 2 aliphatic rings. The van der Waals surface area contributed by atoms with Gasteiger partial charge in [-0.25, -0.2) is 0 Å². The summed E-state index contributed by atoms with van der Waals surface area (Å²) in [5, 5.41) is 5.16. The molecule has 1 fully saturated rings. The Morgan fingerprint density at radius 3 is 2.55 bits per heavy atom. The Hall–Kier alpha value is -3.42. The molecule has 1 atom stereocenters. The lowest BCUT2D eigenvalue weighted by Gasteiger charge is -2.29. The van der Waals surface area contributed by atoms with Gasteiger partial charge in [0.1, 0.15) is 11.7 Å². The zero-order chi connectivity index (χ0) is 20.9. The average Bonchev–Trinajstić information content (AvgIpc) is 3.13. The number of hydrogen-bond donors (Lipinski definition) is 3. The van der Waals surface area contributed by atoms with Gasteiger partial charge in [-0.05, 0) is 62.1 Å². The Bertz CT molecular complexity index is 1070. The van der Waals surface area contributed by atoms with Crippen LogP contribution in [-0.2, 0) is 16.1 Å². The molecular formula is C21H22N4O4. The van der Waals surface area contributed by atoms with Crippen LogP contribution < -0.4 is 10.6 Å². The zero-order valence-corrected chi connectivity index (χ0v) is 16.5. The van der Waals surface area contributed by atoms with E-state index in [0.29, 0.717) is 23.4 Å².